The number of benzene rings is 3. The highest BCUT2D eigenvalue weighted by Gasteiger charge is 2.20. The van der Waals surface area contributed by atoms with Gasteiger partial charge in [-0.3, -0.25) is 0 Å². The van der Waals surface area contributed by atoms with Crippen LogP contribution in [0.15, 0.2) is 36.4 Å². The molecule has 0 saturated heterocycles. The van der Waals surface area contributed by atoms with E-state index in [1.54, 1.807) is 0 Å². The van der Waals surface area contributed by atoms with E-state index in [2.05, 4.69) is 0 Å². The van der Waals surface area contributed by atoms with E-state index in [1.165, 1.54) is 43.5 Å². The average molecular weight is 478 g/mol. The van der Waals surface area contributed by atoms with E-state index in [1.807, 2.05) is 0 Å². The summed E-state index contributed by atoms with van der Waals surface area (Å²) in [5.41, 5.74) is 0. The number of aromatic hydroxyl groups is 3. The molecule has 0 aliphatic heterocycles. The third kappa shape index (κ3) is 4.62. The number of phenols is 3. The van der Waals surface area contributed by atoms with Crippen LogP contribution in [0.3, 0.4) is 0 Å². The van der Waals surface area contributed by atoms with Crippen LogP contribution in [0.25, 0.3) is 0 Å². The Labute approximate surface area is 185 Å². The summed E-state index contributed by atoms with van der Waals surface area (Å²) in [5.74, 6) is -0.649. The lowest BCUT2D eigenvalue weighted by Crippen LogP contribution is -1.94. The number of rotatable bonds is 5. The second-order valence-corrected chi connectivity index (χ2v) is 7.28. The molecule has 6 nitrogen and oxygen atoms in total. The van der Waals surface area contributed by atoms with E-state index in [0.717, 1.165) is 0 Å². The Kier molecular flexibility index (Phi) is 6.29. The summed E-state index contributed by atoms with van der Waals surface area (Å²) in [7, 11) is 1.40. The predicted octanol–water partition coefficient (Wildman–Crippen LogP) is 7.01. The molecule has 152 valence electrons. The van der Waals surface area contributed by atoms with Gasteiger partial charge in [0.2, 0.25) is 5.75 Å². The third-order valence-corrected chi connectivity index (χ3v) is 4.76. The van der Waals surface area contributed by atoms with E-state index >= 15 is 0 Å². The number of ether oxygens (including phenoxy) is 3. The summed E-state index contributed by atoms with van der Waals surface area (Å²) in [6, 6.07) is 7.67. The molecule has 3 aromatic carbocycles. The maximum atomic E-state index is 10.6. The largest absolute Gasteiger partial charge is 0.508 e. The highest BCUT2D eigenvalue weighted by Crippen LogP contribution is 2.49. The van der Waals surface area contributed by atoms with Crippen LogP contribution in [0, 0.1) is 0 Å². The summed E-state index contributed by atoms with van der Waals surface area (Å²) in [5, 5.41) is 29.8. The molecule has 3 rings (SSSR count). The minimum Gasteiger partial charge on any atom is -0.508 e. The minimum atomic E-state index is -0.425. The summed E-state index contributed by atoms with van der Waals surface area (Å²) in [6.07, 6.45) is 0. The van der Waals surface area contributed by atoms with E-state index in [0.29, 0.717) is 0 Å². The zero-order valence-electron chi connectivity index (χ0n) is 14.5. The topological polar surface area (TPSA) is 88.4 Å². The molecule has 29 heavy (non-hydrogen) atoms. The lowest BCUT2D eigenvalue weighted by atomic mass is 10.2. The molecular formula is C19H12Cl4O6. The molecule has 0 atom stereocenters. The quantitative estimate of drug-likeness (QED) is 0.366. The van der Waals surface area contributed by atoms with Crippen LogP contribution in [0.2, 0.25) is 20.1 Å². The highest BCUT2D eigenvalue weighted by atomic mass is 35.5. The third-order valence-electron chi connectivity index (χ3n) is 3.64. The molecule has 3 aromatic rings. The van der Waals surface area contributed by atoms with Crippen molar-refractivity contribution in [1.29, 1.82) is 0 Å². The minimum absolute atomic E-state index is 0.00124. The van der Waals surface area contributed by atoms with Gasteiger partial charge >= 0.3 is 0 Å². The molecule has 0 radical (unpaired) electrons. The van der Waals surface area contributed by atoms with Crippen molar-refractivity contribution in [2.45, 2.75) is 0 Å². The molecule has 10 heteroatoms. The fraction of sp³-hybridized carbons (Fsp3) is 0.0526. The second-order valence-electron chi connectivity index (χ2n) is 5.65. The summed E-state index contributed by atoms with van der Waals surface area (Å²) in [4.78, 5) is 0. The van der Waals surface area contributed by atoms with Crippen LogP contribution < -0.4 is 14.2 Å². The SMILES string of the molecule is COc1cc(Oc2c(Cl)cc(O)cc2Cl)c(O)c(Oc2c(Cl)cc(O)cc2Cl)c1. The van der Waals surface area contributed by atoms with E-state index in [-0.39, 0.29) is 60.3 Å². The number of halogens is 4. The predicted molar refractivity (Wildman–Crippen MR) is 111 cm³/mol. The zero-order chi connectivity index (χ0) is 21.3. The Hall–Kier alpha value is -2.38. The maximum absolute atomic E-state index is 10.6. The van der Waals surface area contributed by atoms with Gasteiger partial charge in [0.05, 0.1) is 27.2 Å². The van der Waals surface area contributed by atoms with Crippen molar-refractivity contribution >= 4 is 46.4 Å². The van der Waals surface area contributed by atoms with Gasteiger partial charge in [0.15, 0.2) is 23.0 Å². The first-order valence-corrected chi connectivity index (χ1v) is 9.33. The standard InChI is InChI=1S/C19H12Cl4O6/c1-27-10-6-15(28-18-11(20)2-8(24)3-12(18)21)17(26)16(7-10)29-19-13(22)4-9(25)5-14(19)23/h2-7,24-26H,1H3. The van der Waals surface area contributed by atoms with Crippen LogP contribution in [0.1, 0.15) is 0 Å². The average Bonchev–Trinajstić information content (AvgIpc) is 2.63. The van der Waals surface area contributed by atoms with Crippen molar-refractivity contribution < 1.29 is 29.5 Å². The smallest absolute Gasteiger partial charge is 0.202 e. The van der Waals surface area contributed by atoms with Gasteiger partial charge in [-0.15, -0.1) is 0 Å². The molecule has 0 aliphatic carbocycles. The zero-order valence-corrected chi connectivity index (χ0v) is 17.6. The molecule has 0 bridgehead atoms. The fourth-order valence-electron chi connectivity index (χ4n) is 2.34. The van der Waals surface area contributed by atoms with E-state index in [9.17, 15) is 15.3 Å². The van der Waals surface area contributed by atoms with Crippen molar-refractivity contribution in [2.24, 2.45) is 0 Å². The molecular weight excluding hydrogens is 466 g/mol. The first-order chi connectivity index (χ1) is 13.7. The Bertz CT molecular complexity index is 960. The number of hydrogen-bond donors (Lipinski definition) is 3. The van der Waals surface area contributed by atoms with Gasteiger partial charge in [0, 0.05) is 36.4 Å². The van der Waals surface area contributed by atoms with Crippen LogP contribution in [-0.2, 0) is 0 Å². The van der Waals surface area contributed by atoms with Gasteiger partial charge in [-0.2, -0.15) is 0 Å². The number of hydrogen-bond acceptors (Lipinski definition) is 6. The Morgan fingerprint density at radius 1 is 0.621 bits per heavy atom. The van der Waals surface area contributed by atoms with E-state index in [4.69, 9.17) is 60.6 Å². The normalized spacial score (nSPS) is 10.7. The van der Waals surface area contributed by atoms with Crippen LogP contribution in [-0.4, -0.2) is 22.4 Å². The van der Waals surface area contributed by atoms with Crippen molar-refractivity contribution in [3.8, 4) is 46.0 Å². The number of methoxy groups -OCH3 is 1. The Balaban J connectivity index is 2.06. The van der Waals surface area contributed by atoms with Crippen molar-refractivity contribution in [2.75, 3.05) is 7.11 Å². The van der Waals surface area contributed by atoms with Crippen LogP contribution >= 0.6 is 46.4 Å². The van der Waals surface area contributed by atoms with Gasteiger partial charge in [0.1, 0.15) is 17.2 Å². The van der Waals surface area contributed by atoms with Gasteiger partial charge in [-0.25, -0.2) is 0 Å². The van der Waals surface area contributed by atoms with Gasteiger partial charge < -0.3 is 29.5 Å². The van der Waals surface area contributed by atoms with Crippen LogP contribution in [0.5, 0.6) is 46.0 Å². The molecule has 0 spiro atoms. The lowest BCUT2D eigenvalue weighted by Gasteiger charge is -2.16. The Morgan fingerprint density at radius 2 is 0.966 bits per heavy atom. The summed E-state index contributed by atoms with van der Waals surface area (Å²) < 4.78 is 16.5. The first kappa shape index (κ1) is 21.3. The molecule has 0 aromatic heterocycles. The molecule has 0 unspecified atom stereocenters. The maximum Gasteiger partial charge on any atom is 0.202 e. The molecule has 0 saturated carbocycles. The van der Waals surface area contributed by atoms with Gasteiger partial charge in [0.25, 0.3) is 0 Å². The van der Waals surface area contributed by atoms with Crippen molar-refractivity contribution in [3.05, 3.63) is 56.5 Å². The number of phenolic OH excluding ortho intramolecular Hbond substituents is 3. The van der Waals surface area contributed by atoms with Gasteiger partial charge in [-0.05, 0) is 0 Å². The molecule has 0 amide bonds. The Morgan fingerprint density at radius 3 is 1.28 bits per heavy atom. The molecule has 0 aliphatic rings. The second kappa shape index (κ2) is 8.55. The van der Waals surface area contributed by atoms with Crippen LogP contribution in [0.4, 0.5) is 0 Å². The molecule has 0 fully saturated rings. The summed E-state index contributed by atoms with van der Waals surface area (Å²) >= 11 is 24.3. The molecule has 3 N–H and O–H groups in total. The first-order valence-electron chi connectivity index (χ1n) is 7.82. The summed E-state index contributed by atoms with van der Waals surface area (Å²) in [6.45, 7) is 0. The lowest BCUT2D eigenvalue weighted by molar-refractivity contribution is 0.364. The van der Waals surface area contributed by atoms with Gasteiger partial charge in [-0.1, -0.05) is 46.4 Å². The highest BCUT2D eigenvalue weighted by molar-refractivity contribution is 6.38. The van der Waals surface area contributed by atoms with Crippen molar-refractivity contribution in [1.82, 2.24) is 0 Å². The molecule has 0 heterocycles. The monoisotopic (exact) mass is 476 g/mol. The van der Waals surface area contributed by atoms with Crippen molar-refractivity contribution in [3.63, 3.8) is 0 Å². The van der Waals surface area contributed by atoms with E-state index < -0.39 is 5.75 Å². The fourth-order valence-corrected chi connectivity index (χ4v) is 3.45.